The van der Waals surface area contributed by atoms with E-state index in [-0.39, 0.29) is 17.4 Å². The molecule has 3 heterocycles. The van der Waals surface area contributed by atoms with E-state index in [0.717, 1.165) is 31.6 Å². The van der Waals surface area contributed by atoms with E-state index < -0.39 is 5.91 Å². The minimum Gasteiger partial charge on any atom is -0.477 e. The summed E-state index contributed by atoms with van der Waals surface area (Å²) in [4.78, 5) is 24.1. The second-order valence-corrected chi connectivity index (χ2v) is 9.34. The maximum absolute atomic E-state index is 13.0. The number of nitrogens with one attached hydrogen (secondary N) is 2. The molecule has 10 nitrogen and oxygen atoms in total. The number of anilines is 3. The highest BCUT2D eigenvalue weighted by molar-refractivity contribution is 6.40. The van der Waals surface area contributed by atoms with E-state index in [0.29, 0.717) is 41.4 Å². The van der Waals surface area contributed by atoms with Gasteiger partial charge in [0.1, 0.15) is 5.56 Å². The quantitative estimate of drug-likeness (QED) is 0.362. The van der Waals surface area contributed by atoms with E-state index in [9.17, 15) is 4.79 Å². The first-order valence-corrected chi connectivity index (χ1v) is 12.4. The lowest BCUT2D eigenvalue weighted by atomic mass is 10.1. The normalized spacial score (nSPS) is 14.6. The summed E-state index contributed by atoms with van der Waals surface area (Å²) in [6, 6.07) is 5.34. The Morgan fingerprint density at radius 1 is 1.17 bits per heavy atom. The summed E-state index contributed by atoms with van der Waals surface area (Å²) in [7, 11) is 3.75. The van der Waals surface area contributed by atoms with Crippen LogP contribution in [-0.2, 0) is 4.74 Å². The predicted octanol–water partition coefficient (Wildman–Crippen LogP) is 4.66. The van der Waals surface area contributed by atoms with Crippen molar-refractivity contribution in [2.24, 2.45) is 0 Å². The molecule has 4 rings (SSSR count). The van der Waals surface area contributed by atoms with Crippen LogP contribution in [0.1, 0.15) is 35.7 Å². The number of ether oxygens (including phenoxy) is 2. The fraction of sp³-hybridized carbons (Fsp3) is 0.417. The first kappa shape index (κ1) is 26.2. The minimum absolute atomic E-state index is 0.131. The van der Waals surface area contributed by atoms with Crippen LogP contribution in [0.2, 0.25) is 10.0 Å². The van der Waals surface area contributed by atoms with Gasteiger partial charge in [0.05, 0.1) is 40.3 Å². The summed E-state index contributed by atoms with van der Waals surface area (Å²) in [6.07, 6.45) is 7.81. The van der Waals surface area contributed by atoms with Gasteiger partial charge in [-0.3, -0.25) is 9.48 Å². The summed E-state index contributed by atoms with van der Waals surface area (Å²) in [5.74, 6) is -0.0765. The van der Waals surface area contributed by atoms with Crippen molar-refractivity contribution < 1.29 is 14.3 Å². The Morgan fingerprint density at radius 3 is 2.64 bits per heavy atom. The number of halogens is 2. The van der Waals surface area contributed by atoms with Gasteiger partial charge in [-0.05, 0) is 45.1 Å². The molecule has 0 spiro atoms. The van der Waals surface area contributed by atoms with Crippen molar-refractivity contribution in [1.82, 2.24) is 24.6 Å². The van der Waals surface area contributed by atoms with Gasteiger partial charge in [-0.1, -0.05) is 29.3 Å². The van der Waals surface area contributed by atoms with Crippen LogP contribution in [0.5, 0.6) is 5.88 Å². The van der Waals surface area contributed by atoms with Crippen LogP contribution < -0.4 is 15.4 Å². The van der Waals surface area contributed by atoms with Crippen LogP contribution in [0.3, 0.4) is 0 Å². The van der Waals surface area contributed by atoms with E-state index in [1.807, 2.05) is 10.9 Å². The largest absolute Gasteiger partial charge is 0.477 e. The van der Waals surface area contributed by atoms with E-state index in [1.165, 1.54) is 6.20 Å². The number of carbonyl (C=O) groups excluding carboxylic acids is 1. The number of methoxy groups -OCH3 is 1. The number of hydrogen-bond acceptors (Lipinski definition) is 8. The Morgan fingerprint density at radius 2 is 1.92 bits per heavy atom. The lowest BCUT2D eigenvalue weighted by Crippen LogP contribution is -2.31. The summed E-state index contributed by atoms with van der Waals surface area (Å²) < 4.78 is 12.9. The second kappa shape index (κ2) is 12.4. The highest BCUT2D eigenvalue weighted by atomic mass is 35.5. The molecule has 1 fully saturated rings. The smallest absolute Gasteiger partial charge is 0.262 e. The molecule has 1 saturated heterocycles. The highest BCUT2D eigenvalue weighted by Gasteiger charge is 2.21. The van der Waals surface area contributed by atoms with Gasteiger partial charge in [-0.2, -0.15) is 10.1 Å². The first-order chi connectivity index (χ1) is 17.4. The zero-order valence-corrected chi connectivity index (χ0v) is 21.7. The standard InChI is InChI=1S/C24H29Cl2N7O3/c1-32-9-7-17(8-10-32)33-15-16(13-28-33)29-24-27-14-18(23(31-24)36-12-4-11-35-2)22(34)30-21-19(25)5-3-6-20(21)26/h3,5-6,13-15,17H,4,7-12H2,1-2H3,(H,30,34)(H,27,29,31). The SMILES string of the molecule is COCCCOc1nc(Nc2cnn(C3CCN(C)CC3)c2)ncc1C(=O)Nc1c(Cl)cccc1Cl. The van der Waals surface area contributed by atoms with Gasteiger partial charge in [-0.25, -0.2) is 4.98 Å². The molecule has 2 aromatic heterocycles. The van der Waals surface area contributed by atoms with Crippen molar-refractivity contribution in [2.75, 3.05) is 51.1 Å². The molecule has 192 valence electrons. The van der Waals surface area contributed by atoms with Crippen molar-refractivity contribution in [1.29, 1.82) is 0 Å². The molecule has 3 aromatic rings. The first-order valence-electron chi connectivity index (χ1n) is 11.7. The van der Waals surface area contributed by atoms with Crippen molar-refractivity contribution in [2.45, 2.75) is 25.3 Å². The molecule has 0 radical (unpaired) electrons. The maximum Gasteiger partial charge on any atom is 0.262 e. The third-order valence-corrected chi connectivity index (χ3v) is 6.48. The Bertz CT molecular complexity index is 1160. The average molecular weight is 534 g/mol. The Hall–Kier alpha value is -2.92. The number of para-hydroxylation sites is 1. The summed E-state index contributed by atoms with van der Waals surface area (Å²) >= 11 is 12.4. The molecule has 0 unspecified atom stereocenters. The van der Waals surface area contributed by atoms with Crippen molar-refractivity contribution >= 4 is 46.4 Å². The minimum atomic E-state index is -0.492. The number of carbonyl (C=O) groups is 1. The van der Waals surface area contributed by atoms with E-state index in [2.05, 4.69) is 37.6 Å². The average Bonchev–Trinajstić information content (AvgIpc) is 3.33. The zero-order chi connectivity index (χ0) is 25.5. The third kappa shape index (κ3) is 6.64. The highest BCUT2D eigenvalue weighted by Crippen LogP contribution is 2.31. The number of aromatic nitrogens is 4. The molecule has 1 aliphatic heterocycles. The number of benzene rings is 1. The van der Waals surface area contributed by atoms with Gasteiger partial charge in [0, 0.05) is 32.5 Å². The molecule has 12 heteroatoms. The summed E-state index contributed by atoms with van der Waals surface area (Å²) in [5.41, 5.74) is 1.20. The monoisotopic (exact) mass is 533 g/mol. The number of nitrogens with zero attached hydrogens (tertiary/aromatic N) is 5. The maximum atomic E-state index is 13.0. The van der Waals surface area contributed by atoms with Crippen LogP contribution in [0.25, 0.3) is 0 Å². The van der Waals surface area contributed by atoms with Crippen LogP contribution in [0, 0.1) is 0 Å². The molecule has 0 saturated carbocycles. The third-order valence-electron chi connectivity index (χ3n) is 5.85. The molecule has 0 aliphatic carbocycles. The molecule has 0 atom stereocenters. The molecule has 1 aromatic carbocycles. The Labute approximate surface area is 219 Å². The molecular weight excluding hydrogens is 505 g/mol. The van der Waals surface area contributed by atoms with Gasteiger partial charge in [0.2, 0.25) is 11.8 Å². The van der Waals surface area contributed by atoms with Gasteiger partial charge in [0.15, 0.2) is 0 Å². The Kier molecular flexibility index (Phi) is 8.98. The fourth-order valence-corrected chi connectivity index (χ4v) is 4.35. The number of piperidine rings is 1. The van der Waals surface area contributed by atoms with Crippen molar-refractivity contribution in [3.8, 4) is 5.88 Å². The van der Waals surface area contributed by atoms with Crippen LogP contribution in [-0.4, -0.2) is 71.0 Å². The molecule has 1 aliphatic rings. The molecule has 1 amide bonds. The number of hydrogen-bond donors (Lipinski definition) is 2. The Balaban J connectivity index is 1.51. The zero-order valence-electron chi connectivity index (χ0n) is 20.2. The van der Waals surface area contributed by atoms with E-state index >= 15 is 0 Å². The lowest BCUT2D eigenvalue weighted by molar-refractivity contribution is 0.102. The van der Waals surface area contributed by atoms with E-state index in [1.54, 1.807) is 31.5 Å². The van der Waals surface area contributed by atoms with Crippen LogP contribution >= 0.6 is 23.2 Å². The van der Waals surface area contributed by atoms with Crippen LogP contribution in [0.4, 0.5) is 17.3 Å². The van der Waals surface area contributed by atoms with Gasteiger partial charge >= 0.3 is 0 Å². The van der Waals surface area contributed by atoms with Crippen LogP contribution in [0.15, 0.2) is 36.8 Å². The number of rotatable bonds is 10. The molecule has 36 heavy (non-hydrogen) atoms. The molecular formula is C24H29Cl2N7O3. The van der Waals surface area contributed by atoms with Gasteiger partial charge in [-0.15, -0.1) is 0 Å². The van der Waals surface area contributed by atoms with Gasteiger partial charge < -0.3 is 25.0 Å². The fourth-order valence-electron chi connectivity index (χ4n) is 3.85. The lowest BCUT2D eigenvalue weighted by Gasteiger charge is -2.28. The van der Waals surface area contributed by atoms with Crippen molar-refractivity contribution in [3.63, 3.8) is 0 Å². The number of amides is 1. The molecule has 2 N–H and O–H groups in total. The summed E-state index contributed by atoms with van der Waals surface area (Å²) in [6.45, 7) is 2.92. The van der Waals surface area contributed by atoms with E-state index in [4.69, 9.17) is 32.7 Å². The number of likely N-dealkylation sites (tertiary alicyclic amines) is 1. The second-order valence-electron chi connectivity index (χ2n) is 8.53. The van der Waals surface area contributed by atoms with Gasteiger partial charge in [0.25, 0.3) is 5.91 Å². The molecule has 0 bridgehead atoms. The predicted molar refractivity (Wildman–Crippen MR) is 140 cm³/mol. The summed E-state index contributed by atoms with van der Waals surface area (Å²) in [5, 5.41) is 11.0. The van der Waals surface area contributed by atoms with Crippen molar-refractivity contribution in [3.05, 3.63) is 52.4 Å². The topological polar surface area (TPSA) is 106 Å².